The van der Waals surface area contributed by atoms with Gasteiger partial charge in [-0.3, -0.25) is 4.79 Å². The summed E-state index contributed by atoms with van der Waals surface area (Å²) in [7, 11) is 0. The van der Waals surface area contributed by atoms with Crippen molar-refractivity contribution in [3.63, 3.8) is 0 Å². The van der Waals surface area contributed by atoms with Crippen LogP contribution in [0, 0.1) is 0 Å². The first-order chi connectivity index (χ1) is 16.5. The molecule has 8 rings (SSSR count). The molecule has 34 heavy (non-hydrogen) atoms. The molecule has 0 bridgehead atoms. The number of carbonyl (C=O) groups excluding carboxylic acids is 1. The van der Waals surface area contributed by atoms with Crippen molar-refractivity contribution in [3.8, 4) is 0 Å². The number of alkyl halides is 1. The molecule has 7 aromatic rings. The van der Waals surface area contributed by atoms with Gasteiger partial charge in [0, 0.05) is 11.1 Å². The summed E-state index contributed by atoms with van der Waals surface area (Å²) in [6, 6.07) is 26.0. The van der Waals surface area contributed by atoms with Gasteiger partial charge >= 0.3 is 0 Å². The summed E-state index contributed by atoms with van der Waals surface area (Å²) in [6.45, 7) is 0. The van der Waals surface area contributed by atoms with Crippen LogP contribution in [0.2, 0.25) is 0 Å². The van der Waals surface area contributed by atoms with Crippen molar-refractivity contribution >= 4 is 115 Å². The number of halogens is 3. The van der Waals surface area contributed by atoms with E-state index in [1.165, 1.54) is 43.1 Å². The average molecular weight is 540 g/mol. The molecule has 4 heteroatoms. The van der Waals surface area contributed by atoms with Crippen molar-refractivity contribution in [2.75, 3.05) is 0 Å². The molecule has 0 aromatic heterocycles. The zero-order valence-electron chi connectivity index (χ0n) is 17.5. The molecule has 1 unspecified atom stereocenters. The molecule has 0 spiro atoms. The molecule has 0 heterocycles. The van der Waals surface area contributed by atoms with E-state index in [9.17, 15) is 4.79 Å². The lowest BCUT2D eigenvalue weighted by Crippen LogP contribution is -2.21. The number of ketones is 1. The van der Waals surface area contributed by atoms with Crippen LogP contribution in [0.25, 0.3) is 69.7 Å². The average Bonchev–Trinajstić information content (AvgIpc) is 2.87. The van der Waals surface area contributed by atoms with Crippen molar-refractivity contribution in [3.05, 3.63) is 89.0 Å². The molecule has 0 saturated carbocycles. The quantitative estimate of drug-likeness (QED) is 0.106. The van der Waals surface area contributed by atoms with Gasteiger partial charge in [0.1, 0.15) is 4.83 Å². The molecule has 0 aliphatic heterocycles. The molecular formula is C30H13BrCl2O. The highest BCUT2D eigenvalue weighted by Crippen LogP contribution is 2.49. The Bertz CT molecular complexity index is 2070. The van der Waals surface area contributed by atoms with Gasteiger partial charge in [0.2, 0.25) is 0 Å². The maximum absolute atomic E-state index is 13.2. The van der Waals surface area contributed by atoms with E-state index in [0.29, 0.717) is 15.6 Å². The second-order valence-corrected chi connectivity index (χ2v) is 10.9. The highest BCUT2D eigenvalue weighted by atomic mass is 79.9. The normalized spacial score (nSPS) is 16.9. The van der Waals surface area contributed by atoms with E-state index < -0.39 is 4.83 Å². The predicted molar refractivity (Wildman–Crippen MR) is 150 cm³/mol. The summed E-state index contributed by atoms with van der Waals surface area (Å²) >= 11 is 16.7. The van der Waals surface area contributed by atoms with Crippen LogP contribution in [0.4, 0.5) is 0 Å². The van der Waals surface area contributed by atoms with Crippen molar-refractivity contribution in [2.45, 2.75) is 4.83 Å². The second-order valence-electron chi connectivity index (χ2n) is 9.16. The van der Waals surface area contributed by atoms with Gasteiger partial charge in [-0.25, -0.2) is 0 Å². The molecule has 0 amide bonds. The Balaban J connectivity index is 1.69. The molecule has 0 fully saturated rings. The first kappa shape index (κ1) is 19.4. The van der Waals surface area contributed by atoms with Gasteiger partial charge in [0.15, 0.2) is 5.78 Å². The molecule has 160 valence electrons. The minimum atomic E-state index is -0.611. The van der Waals surface area contributed by atoms with Crippen LogP contribution in [-0.2, 0) is 0 Å². The van der Waals surface area contributed by atoms with Crippen LogP contribution >= 0.6 is 39.1 Å². The third-order valence-corrected chi connectivity index (χ3v) is 9.51. The Hall–Kier alpha value is -2.91. The van der Waals surface area contributed by atoms with Crippen LogP contribution in [0.3, 0.4) is 0 Å². The Morgan fingerprint density at radius 3 is 1.94 bits per heavy atom. The lowest BCUT2D eigenvalue weighted by molar-refractivity contribution is 0.100. The molecule has 1 aliphatic rings. The number of carbonyl (C=O) groups is 1. The van der Waals surface area contributed by atoms with E-state index in [1.807, 2.05) is 6.07 Å². The molecule has 0 radical (unpaired) electrons. The number of fused-ring (bicyclic) bond motifs is 4. The summed E-state index contributed by atoms with van der Waals surface area (Å²) in [4.78, 5) is 12.6. The first-order valence-corrected chi connectivity index (χ1v) is 12.8. The minimum Gasteiger partial charge on any atom is -0.292 e. The third kappa shape index (κ3) is 2.20. The summed E-state index contributed by atoms with van der Waals surface area (Å²) in [5.74, 6) is -0.0571. The van der Waals surface area contributed by atoms with E-state index in [-0.39, 0.29) is 5.78 Å². The predicted octanol–water partition coefficient (Wildman–Crippen LogP) is 9.59. The lowest BCUT2D eigenvalue weighted by Gasteiger charge is -2.24. The van der Waals surface area contributed by atoms with Gasteiger partial charge in [-0.1, -0.05) is 87.7 Å². The molecular weight excluding hydrogens is 527 g/mol. The number of hydrogen-bond acceptors (Lipinski definition) is 1. The van der Waals surface area contributed by atoms with Gasteiger partial charge in [-0.2, -0.15) is 0 Å². The molecule has 1 nitrogen and oxygen atoms in total. The van der Waals surface area contributed by atoms with Crippen LogP contribution < -0.4 is 0 Å². The maximum atomic E-state index is 13.2. The summed E-state index contributed by atoms with van der Waals surface area (Å²) in [5, 5.41) is 15.0. The number of rotatable bonds is 0. The van der Waals surface area contributed by atoms with Crippen molar-refractivity contribution in [1.82, 2.24) is 0 Å². The highest BCUT2D eigenvalue weighted by Gasteiger charge is 2.33. The van der Waals surface area contributed by atoms with E-state index in [1.54, 1.807) is 0 Å². The molecule has 1 atom stereocenters. The first-order valence-electron chi connectivity index (χ1n) is 11.1. The summed E-state index contributed by atoms with van der Waals surface area (Å²) in [5.41, 5.74) is 1.36. The monoisotopic (exact) mass is 538 g/mol. The molecule has 1 aliphatic carbocycles. The topological polar surface area (TPSA) is 17.1 Å². The van der Waals surface area contributed by atoms with Crippen molar-refractivity contribution in [2.24, 2.45) is 0 Å². The van der Waals surface area contributed by atoms with Gasteiger partial charge in [0.25, 0.3) is 0 Å². The fraction of sp³-hybridized carbons (Fsp3) is 0.0333. The third-order valence-electron chi connectivity index (χ3n) is 7.48. The number of hydrogen-bond donors (Lipinski definition) is 0. The smallest absolute Gasteiger partial charge is 0.182 e. The fourth-order valence-corrected chi connectivity index (χ4v) is 7.17. The van der Waals surface area contributed by atoms with Gasteiger partial charge in [-0.05, 0) is 88.9 Å². The summed E-state index contributed by atoms with van der Waals surface area (Å²) in [6.07, 6.45) is 0. The number of allylic oxidation sites excluding steroid dienone is 1. The van der Waals surface area contributed by atoms with E-state index in [2.05, 4.69) is 82.7 Å². The van der Waals surface area contributed by atoms with Crippen LogP contribution in [0.1, 0.15) is 15.9 Å². The Labute approximate surface area is 212 Å². The Kier molecular flexibility index (Phi) is 3.65. The summed E-state index contributed by atoms with van der Waals surface area (Å²) < 4.78 is 0. The maximum Gasteiger partial charge on any atom is 0.182 e. The van der Waals surface area contributed by atoms with Crippen molar-refractivity contribution in [1.29, 1.82) is 0 Å². The molecule has 0 N–H and O–H groups in total. The van der Waals surface area contributed by atoms with Crippen LogP contribution in [0.15, 0.2) is 77.8 Å². The number of benzene rings is 7. The van der Waals surface area contributed by atoms with E-state index in [4.69, 9.17) is 23.2 Å². The highest BCUT2D eigenvalue weighted by molar-refractivity contribution is 9.10. The zero-order valence-corrected chi connectivity index (χ0v) is 20.6. The van der Waals surface area contributed by atoms with Gasteiger partial charge < -0.3 is 0 Å². The second kappa shape index (κ2) is 6.40. The minimum absolute atomic E-state index is 0.0571. The van der Waals surface area contributed by atoms with Gasteiger partial charge in [0.05, 0.1) is 10.1 Å². The Morgan fingerprint density at radius 1 is 0.618 bits per heavy atom. The zero-order chi connectivity index (χ0) is 22.9. The van der Waals surface area contributed by atoms with Crippen LogP contribution in [0.5, 0.6) is 0 Å². The van der Waals surface area contributed by atoms with Crippen LogP contribution in [-0.4, -0.2) is 10.6 Å². The fourth-order valence-electron chi connectivity index (χ4n) is 6.06. The largest absolute Gasteiger partial charge is 0.292 e. The van der Waals surface area contributed by atoms with Crippen molar-refractivity contribution < 1.29 is 4.79 Å². The van der Waals surface area contributed by atoms with Gasteiger partial charge in [-0.15, -0.1) is 0 Å². The Morgan fingerprint density at radius 2 is 1.21 bits per heavy atom. The number of Topliss-reactive ketones (excluding diaryl/α,β-unsaturated/α-hetero) is 1. The standard InChI is InChI=1S/C30H13BrCl2O/c31-27-29(33)28(32)26-20-11-17-7-5-14-9-13-3-1-2-4-18(13)19-10-16-8-6-15(12-21(26)30(27)34)23(20)25(16)24(17)22(14)19/h1-12,27H. The lowest BCUT2D eigenvalue weighted by atomic mass is 9.82. The van der Waals surface area contributed by atoms with E-state index in [0.717, 1.165) is 27.1 Å². The van der Waals surface area contributed by atoms with E-state index >= 15 is 0 Å². The molecule has 0 saturated heterocycles. The molecule has 7 aromatic carbocycles. The SMILES string of the molecule is O=C1c2cc3ccc4cc5c6ccccc6cc6ccc7cc(c2C(Cl)=C(Cl)C1Br)c3c4c7c65.